The van der Waals surface area contributed by atoms with Gasteiger partial charge in [-0.05, 0) is 25.8 Å². The van der Waals surface area contributed by atoms with E-state index >= 15 is 0 Å². The van der Waals surface area contributed by atoms with Crippen LogP contribution in [0.3, 0.4) is 0 Å². The summed E-state index contributed by atoms with van der Waals surface area (Å²) in [5.74, 6) is 3.37. The number of thioether (sulfide) groups is 1. The van der Waals surface area contributed by atoms with Crippen LogP contribution in [0.2, 0.25) is 0 Å². The molecule has 1 aliphatic heterocycles. The maximum atomic E-state index is 3.61. The lowest BCUT2D eigenvalue weighted by atomic mass is 10.1. The van der Waals surface area contributed by atoms with Gasteiger partial charge in [-0.2, -0.15) is 11.8 Å². The molecule has 1 N–H and O–H groups in total. The van der Waals surface area contributed by atoms with E-state index in [2.05, 4.69) is 49.7 Å². The van der Waals surface area contributed by atoms with Gasteiger partial charge in [0, 0.05) is 36.7 Å². The van der Waals surface area contributed by atoms with E-state index in [9.17, 15) is 0 Å². The zero-order valence-corrected chi connectivity index (χ0v) is 12.1. The summed E-state index contributed by atoms with van der Waals surface area (Å²) in [6.45, 7) is 12.8. The Morgan fingerprint density at radius 3 is 2.69 bits per heavy atom. The van der Waals surface area contributed by atoms with Crippen LogP contribution in [-0.2, 0) is 0 Å². The van der Waals surface area contributed by atoms with Gasteiger partial charge in [-0.3, -0.25) is 4.90 Å². The molecule has 0 saturated carbocycles. The van der Waals surface area contributed by atoms with E-state index < -0.39 is 0 Å². The highest BCUT2D eigenvalue weighted by atomic mass is 32.2. The second-order valence-electron chi connectivity index (χ2n) is 5.28. The molecule has 0 aromatic carbocycles. The molecule has 96 valence electrons. The van der Waals surface area contributed by atoms with Gasteiger partial charge in [0.2, 0.25) is 0 Å². The van der Waals surface area contributed by atoms with Crippen molar-refractivity contribution in [2.75, 3.05) is 31.1 Å². The molecule has 0 radical (unpaired) electrons. The summed E-state index contributed by atoms with van der Waals surface area (Å²) < 4.78 is 0. The van der Waals surface area contributed by atoms with Gasteiger partial charge in [-0.25, -0.2) is 0 Å². The van der Waals surface area contributed by atoms with Crippen LogP contribution in [0.15, 0.2) is 0 Å². The normalized spacial score (nSPS) is 24.9. The predicted molar refractivity (Wildman–Crippen MR) is 75.3 cm³/mol. The van der Waals surface area contributed by atoms with Crippen LogP contribution in [0.4, 0.5) is 0 Å². The van der Waals surface area contributed by atoms with Crippen LogP contribution >= 0.6 is 11.8 Å². The molecule has 1 saturated heterocycles. The first-order valence-corrected chi connectivity index (χ1v) is 7.84. The van der Waals surface area contributed by atoms with Gasteiger partial charge in [0.05, 0.1) is 0 Å². The van der Waals surface area contributed by atoms with Crippen LogP contribution < -0.4 is 5.32 Å². The Morgan fingerprint density at radius 1 is 1.38 bits per heavy atom. The van der Waals surface area contributed by atoms with E-state index in [1.54, 1.807) is 0 Å². The van der Waals surface area contributed by atoms with Gasteiger partial charge in [0.25, 0.3) is 0 Å². The van der Waals surface area contributed by atoms with Gasteiger partial charge in [0.15, 0.2) is 0 Å². The van der Waals surface area contributed by atoms with Gasteiger partial charge in [0.1, 0.15) is 0 Å². The van der Waals surface area contributed by atoms with Crippen molar-refractivity contribution in [2.45, 2.75) is 46.2 Å². The van der Waals surface area contributed by atoms with Crippen molar-refractivity contribution < 1.29 is 0 Å². The molecule has 1 fully saturated rings. The molecule has 0 bridgehead atoms. The van der Waals surface area contributed by atoms with Crippen molar-refractivity contribution >= 4 is 11.8 Å². The van der Waals surface area contributed by atoms with Gasteiger partial charge in [-0.1, -0.05) is 20.8 Å². The van der Waals surface area contributed by atoms with Gasteiger partial charge in [-0.15, -0.1) is 0 Å². The molecule has 0 aromatic rings. The SMILES string of the molecule is CCC(CNCC(C)C)N1CCSCC1C. The Balaban J connectivity index is 2.33. The van der Waals surface area contributed by atoms with Gasteiger partial charge >= 0.3 is 0 Å². The average molecular weight is 244 g/mol. The lowest BCUT2D eigenvalue weighted by molar-refractivity contribution is 0.153. The molecule has 2 nitrogen and oxygen atoms in total. The van der Waals surface area contributed by atoms with E-state index in [0.29, 0.717) is 0 Å². The summed E-state index contributed by atoms with van der Waals surface area (Å²) in [7, 11) is 0. The fraction of sp³-hybridized carbons (Fsp3) is 1.00. The third-order valence-electron chi connectivity index (χ3n) is 3.29. The van der Waals surface area contributed by atoms with Crippen molar-refractivity contribution in [3.8, 4) is 0 Å². The first-order valence-electron chi connectivity index (χ1n) is 6.69. The minimum atomic E-state index is 0.731. The fourth-order valence-corrected chi connectivity index (χ4v) is 3.36. The predicted octanol–water partition coefficient (Wildman–Crippen LogP) is 2.45. The highest BCUT2D eigenvalue weighted by Crippen LogP contribution is 2.19. The van der Waals surface area contributed by atoms with E-state index in [4.69, 9.17) is 0 Å². The largest absolute Gasteiger partial charge is 0.315 e. The molecule has 0 amide bonds. The Kier molecular flexibility index (Phi) is 6.78. The van der Waals surface area contributed by atoms with Crippen molar-refractivity contribution in [2.24, 2.45) is 5.92 Å². The lowest BCUT2D eigenvalue weighted by Crippen LogP contribution is -2.50. The van der Waals surface area contributed by atoms with Crippen LogP contribution in [0.1, 0.15) is 34.1 Å². The third kappa shape index (κ3) is 4.64. The van der Waals surface area contributed by atoms with Crippen LogP contribution in [-0.4, -0.2) is 48.1 Å². The molecule has 16 heavy (non-hydrogen) atoms. The van der Waals surface area contributed by atoms with Crippen molar-refractivity contribution in [3.05, 3.63) is 0 Å². The average Bonchev–Trinajstić information content (AvgIpc) is 2.25. The van der Waals surface area contributed by atoms with Crippen LogP contribution in [0.5, 0.6) is 0 Å². The molecule has 2 atom stereocenters. The first kappa shape index (κ1) is 14.3. The second kappa shape index (κ2) is 7.57. The highest BCUT2D eigenvalue weighted by molar-refractivity contribution is 7.99. The summed E-state index contributed by atoms with van der Waals surface area (Å²) in [6.07, 6.45) is 1.26. The highest BCUT2D eigenvalue weighted by Gasteiger charge is 2.24. The zero-order valence-electron chi connectivity index (χ0n) is 11.3. The molecular formula is C13H28N2S. The summed E-state index contributed by atoms with van der Waals surface area (Å²) in [5.41, 5.74) is 0. The molecule has 0 aliphatic carbocycles. The monoisotopic (exact) mass is 244 g/mol. The number of hydrogen-bond acceptors (Lipinski definition) is 3. The minimum Gasteiger partial charge on any atom is -0.315 e. The number of hydrogen-bond donors (Lipinski definition) is 1. The molecule has 0 aromatic heterocycles. The number of rotatable bonds is 6. The minimum absolute atomic E-state index is 0.731. The van der Waals surface area contributed by atoms with Crippen LogP contribution in [0.25, 0.3) is 0 Å². The van der Waals surface area contributed by atoms with Crippen molar-refractivity contribution in [1.82, 2.24) is 10.2 Å². The summed E-state index contributed by atoms with van der Waals surface area (Å²) in [6, 6.07) is 1.49. The fourth-order valence-electron chi connectivity index (χ4n) is 2.32. The van der Waals surface area contributed by atoms with Crippen molar-refractivity contribution in [3.63, 3.8) is 0 Å². The maximum absolute atomic E-state index is 3.61. The van der Waals surface area contributed by atoms with E-state index in [-0.39, 0.29) is 0 Å². The molecule has 2 unspecified atom stereocenters. The summed E-state index contributed by atoms with van der Waals surface area (Å²) in [4.78, 5) is 2.70. The smallest absolute Gasteiger partial charge is 0.0221 e. The first-order chi connectivity index (χ1) is 7.65. The molecule has 1 rings (SSSR count). The standard InChI is InChI=1S/C13H28N2S/c1-5-13(9-14-8-11(2)3)15-6-7-16-10-12(15)4/h11-14H,5-10H2,1-4H3. The molecule has 3 heteroatoms. The topological polar surface area (TPSA) is 15.3 Å². The molecule has 1 aliphatic rings. The van der Waals surface area contributed by atoms with E-state index in [1.165, 1.54) is 24.5 Å². The van der Waals surface area contributed by atoms with Gasteiger partial charge < -0.3 is 5.32 Å². The van der Waals surface area contributed by atoms with E-state index in [0.717, 1.165) is 31.1 Å². The zero-order chi connectivity index (χ0) is 12.0. The summed E-state index contributed by atoms with van der Waals surface area (Å²) >= 11 is 2.10. The number of nitrogens with one attached hydrogen (secondary N) is 1. The van der Waals surface area contributed by atoms with E-state index in [1.807, 2.05) is 0 Å². The molecule has 1 heterocycles. The summed E-state index contributed by atoms with van der Waals surface area (Å²) in [5, 5.41) is 3.61. The Morgan fingerprint density at radius 2 is 2.12 bits per heavy atom. The van der Waals surface area contributed by atoms with Crippen LogP contribution in [0, 0.1) is 5.92 Å². The Labute approximate surface area is 106 Å². The second-order valence-corrected chi connectivity index (χ2v) is 6.43. The maximum Gasteiger partial charge on any atom is 0.0221 e. The Bertz CT molecular complexity index is 185. The quantitative estimate of drug-likeness (QED) is 0.772. The molecular weight excluding hydrogens is 216 g/mol. The Hall–Kier alpha value is 0.270. The third-order valence-corrected chi connectivity index (χ3v) is 4.48. The number of nitrogens with zero attached hydrogens (tertiary/aromatic N) is 1. The molecule has 0 spiro atoms. The van der Waals surface area contributed by atoms with Crippen molar-refractivity contribution in [1.29, 1.82) is 0 Å². The lowest BCUT2D eigenvalue weighted by Gasteiger charge is -2.39.